The SMILES string of the molecule is CS(=O)(=O)NCc1csc2c1S(=O)(=O)N=C(C1C(=O)C3CCCC3N(Cc3ccc(F)cc3F)C1=O)N2. The number of amides is 1. The van der Waals surface area contributed by atoms with Gasteiger partial charge in [-0.2, -0.15) is 8.42 Å². The first-order chi connectivity index (χ1) is 17.4. The smallest absolute Gasteiger partial charge is 0.287 e. The van der Waals surface area contributed by atoms with Crippen LogP contribution in [0.2, 0.25) is 0 Å². The molecular weight excluding hydrogens is 550 g/mol. The highest BCUT2D eigenvalue weighted by Crippen LogP contribution is 2.42. The number of piperidine rings is 1. The maximum absolute atomic E-state index is 14.4. The lowest BCUT2D eigenvalue weighted by atomic mass is 9.81. The van der Waals surface area contributed by atoms with E-state index in [0.717, 1.165) is 23.7 Å². The maximum atomic E-state index is 14.4. The number of thiophene rings is 1. The third-order valence-electron chi connectivity index (χ3n) is 6.75. The molecule has 198 valence electrons. The number of hydrogen-bond acceptors (Lipinski definition) is 8. The number of amidine groups is 1. The fourth-order valence-electron chi connectivity index (χ4n) is 5.11. The standard InChI is InChI=1S/C22H22F2N4O6S3/c1-36(31,32)25-8-12-10-35-21-19(12)37(33,34)27-20(26-21)17-18(29)14-3-2-4-16(14)28(22(17)30)9-11-5-6-13(23)7-15(11)24/h5-7,10,14,16-17,25H,2-4,8-9H2,1H3,(H,26,27). The fraction of sp³-hybridized carbons (Fsp3) is 0.409. The van der Waals surface area contributed by atoms with Crippen molar-refractivity contribution >= 4 is 53.9 Å². The van der Waals surface area contributed by atoms with Gasteiger partial charge in [-0.25, -0.2) is 21.9 Å². The molecule has 2 fully saturated rings. The van der Waals surface area contributed by atoms with E-state index in [2.05, 4.69) is 14.4 Å². The van der Waals surface area contributed by atoms with Crippen molar-refractivity contribution < 1.29 is 35.2 Å². The van der Waals surface area contributed by atoms with E-state index in [0.29, 0.717) is 25.3 Å². The van der Waals surface area contributed by atoms with Crippen molar-refractivity contribution in [2.24, 2.45) is 16.2 Å². The number of hydrogen-bond donors (Lipinski definition) is 2. The van der Waals surface area contributed by atoms with E-state index < -0.39 is 61.2 Å². The molecule has 0 bridgehead atoms. The number of nitrogens with zero attached hydrogens (tertiary/aromatic N) is 2. The molecule has 1 saturated heterocycles. The molecule has 3 atom stereocenters. The highest BCUT2D eigenvalue weighted by molar-refractivity contribution is 7.91. The number of likely N-dealkylation sites (tertiary alicyclic amines) is 1. The van der Waals surface area contributed by atoms with Gasteiger partial charge in [-0.1, -0.05) is 12.5 Å². The molecule has 2 N–H and O–H groups in total. The van der Waals surface area contributed by atoms with Crippen LogP contribution in [0, 0.1) is 23.5 Å². The predicted molar refractivity (Wildman–Crippen MR) is 131 cm³/mol. The quantitative estimate of drug-likeness (QED) is 0.504. The number of rotatable bonds is 6. The van der Waals surface area contributed by atoms with Gasteiger partial charge in [0, 0.05) is 42.2 Å². The molecule has 2 aliphatic heterocycles. The van der Waals surface area contributed by atoms with Gasteiger partial charge in [0.25, 0.3) is 10.0 Å². The third kappa shape index (κ3) is 4.80. The molecule has 5 rings (SSSR count). The normalized spacial score (nSPS) is 24.9. The fourth-order valence-corrected chi connectivity index (χ4v) is 8.18. The summed E-state index contributed by atoms with van der Waals surface area (Å²) in [4.78, 5) is 28.2. The Morgan fingerprint density at radius 3 is 2.68 bits per heavy atom. The van der Waals surface area contributed by atoms with Crippen LogP contribution in [0.1, 0.15) is 30.4 Å². The second-order valence-corrected chi connectivity index (χ2v) is 13.5. The molecule has 1 aromatic carbocycles. The molecule has 3 unspecified atom stereocenters. The van der Waals surface area contributed by atoms with E-state index in [-0.39, 0.29) is 39.9 Å². The molecule has 2 aromatic rings. The molecule has 1 aromatic heterocycles. The Morgan fingerprint density at radius 1 is 1.22 bits per heavy atom. The Balaban J connectivity index is 1.49. The van der Waals surface area contributed by atoms with Gasteiger partial charge in [0.15, 0.2) is 11.7 Å². The topological polar surface area (TPSA) is 142 Å². The van der Waals surface area contributed by atoms with Crippen molar-refractivity contribution in [2.45, 2.75) is 43.3 Å². The molecule has 10 nitrogen and oxygen atoms in total. The van der Waals surface area contributed by atoms with Crippen LogP contribution in [0.15, 0.2) is 32.9 Å². The van der Waals surface area contributed by atoms with Gasteiger partial charge in [-0.05, 0) is 24.3 Å². The average Bonchev–Trinajstić information content (AvgIpc) is 3.44. The Hall–Kier alpha value is -2.75. The van der Waals surface area contributed by atoms with Crippen molar-refractivity contribution in [3.05, 3.63) is 46.3 Å². The lowest BCUT2D eigenvalue weighted by Gasteiger charge is -2.41. The highest BCUT2D eigenvalue weighted by Gasteiger charge is 2.52. The molecule has 37 heavy (non-hydrogen) atoms. The second-order valence-electron chi connectivity index (χ2n) is 9.23. The number of Topliss-reactive ketones (excluding diaryl/α,β-unsaturated/α-hetero) is 1. The highest BCUT2D eigenvalue weighted by atomic mass is 32.2. The van der Waals surface area contributed by atoms with Crippen LogP contribution >= 0.6 is 11.3 Å². The molecule has 3 heterocycles. The number of nitrogens with one attached hydrogen (secondary N) is 2. The first-order valence-corrected chi connectivity index (χ1v) is 15.5. The maximum Gasteiger partial charge on any atom is 0.287 e. The molecule has 1 amide bonds. The van der Waals surface area contributed by atoms with E-state index >= 15 is 0 Å². The van der Waals surface area contributed by atoms with Crippen LogP contribution in [-0.2, 0) is 42.7 Å². The van der Waals surface area contributed by atoms with Crippen molar-refractivity contribution in [3.8, 4) is 0 Å². The van der Waals surface area contributed by atoms with Crippen LogP contribution < -0.4 is 10.0 Å². The third-order valence-corrected chi connectivity index (χ3v) is 9.91. The lowest BCUT2D eigenvalue weighted by Crippen LogP contribution is -2.58. The summed E-state index contributed by atoms with van der Waals surface area (Å²) in [7, 11) is -7.97. The van der Waals surface area contributed by atoms with E-state index in [1.54, 1.807) is 0 Å². The zero-order chi connectivity index (χ0) is 26.7. The monoisotopic (exact) mass is 572 g/mol. The van der Waals surface area contributed by atoms with Gasteiger partial charge in [0.05, 0.1) is 6.26 Å². The minimum absolute atomic E-state index is 0.0724. The van der Waals surface area contributed by atoms with Gasteiger partial charge in [0.2, 0.25) is 15.9 Å². The van der Waals surface area contributed by atoms with Crippen molar-refractivity contribution in [1.82, 2.24) is 9.62 Å². The molecule has 0 spiro atoms. The summed E-state index contributed by atoms with van der Waals surface area (Å²) in [6, 6.07) is 2.55. The first kappa shape index (κ1) is 25.9. The molecular formula is C22H22F2N4O6S3. The number of fused-ring (bicyclic) bond motifs is 2. The summed E-state index contributed by atoms with van der Waals surface area (Å²) in [5.74, 6) is -5.21. The number of benzene rings is 1. The van der Waals surface area contributed by atoms with Gasteiger partial charge in [0.1, 0.15) is 27.4 Å². The number of carbonyl (C=O) groups is 2. The summed E-state index contributed by atoms with van der Waals surface area (Å²) < 4.78 is 82.9. The van der Waals surface area contributed by atoms with Crippen LogP contribution in [0.3, 0.4) is 0 Å². The summed E-state index contributed by atoms with van der Waals surface area (Å²) in [6.45, 7) is -0.486. The minimum Gasteiger partial charge on any atom is -0.334 e. The Labute approximate surface area is 215 Å². The van der Waals surface area contributed by atoms with Crippen molar-refractivity contribution in [3.63, 3.8) is 0 Å². The van der Waals surface area contributed by atoms with Crippen molar-refractivity contribution in [2.75, 3.05) is 11.6 Å². The van der Waals surface area contributed by atoms with Crippen LogP contribution in [0.4, 0.5) is 13.8 Å². The molecule has 1 saturated carbocycles. The van der Waals surface area contributed by atoms with Gasteiger partial charge in [-0.3, -0.25) is 9.59 Å². The molecule has 1 aliphatic carbocycles. The number of anilines is 1. The van der Waals surface area contributed by atoms with Crippen LogP contribution in [0.5, 0.6) is 0 Å². The first-order valence-electron chi connectivity index (χ1n) is 11.3. The van der Waals surface area contributed by atoms with E-state index in [9.17, 15) is 35.2 Å². The molecule has 3 aliphatic rings. The molecule has 15 heteroatoms. The van der Waals surface area contributed by atoms with E-state index in [1.165, 1.54) is 16.3 Å². The minimum atomic E-state index is -4.38. The Kier molecular flexibility index (Phi) is 6.45. The predicted octanol–water partition coefficient (Wildman–Crippen LogP) is 1.98. The second kappa shape index (κ2) is 9.22. The number of halogens is 2. The van der Waals surface area contributed by atoms with Crippen LogP contribution in [-0.4, -0.2) is 51.6 Å². The zero-order valence-corrected chi connectivity index (χ0v) is 21.9. The Morgan fingerprint density at radius 2 is 1.97 bits per heavy atom. The van der Waals surface area contributed by atoms with E-state index in [4.69, 9.17) is 0 Å². The number of carbonyl (C=O) groups excluding carboxylic acids is 2. The van der Waals surface area contributed by atoms with E-state index in [1.807, 2.05) is 0 Å². The van der Waals surface area contributed by atoms with Gasteiger partial charge >= 0.3 is 0 Å². The van der Waals surface area contributed by atoms with Crippen molar-refractivity contribution in [1.29, 1.82) is 0 Å². The zero-order valence-electron chi connectivity index (χ0n) is 19.4. The summed E-state index contributed by atoms with van der Waals surface area (Å²) in [6.07, 6.45) is 2.62. The summed E-state index contributed by atoms with van der Waals surface area (Å²) >= 11 is 0.974. The average molecular weight is 573 g/mol. The Bertz CT molecular complexity index is 1550. The van der Waals surface area contributed by atoms with Crippen LogP contribution in [0.25, 0.3) is 0 Å². The molecule has 0 radical (unpaired) electrons. The summed E-state index contributed by atoms with van der Waals surface area (Å²) in [5, 5.41) is 4.37. The largest absolute Gasteiger partial charge is 0.334 e. The summed E-state index contributed by atoms with van der Waals surface area (Å²) in [5.41, 5.74) is 0.245. The number of ketones is 1. The van der Waals surface area contributed by atoms with Gasteiger partial charge in [-0.15, -0.1) is 15.7 Å². The van der Waals surface area contributed by atoms with Gasteiger partial charge < -0.3 is 10.2 Å². The number of sulfonamides is 2. The lowest BCUT2D eigenvalue weighted by molar-refractivity contribution is -0.149.